The third-order valence-electron chi connectivity index (χ3n) is 3.03. The van der Waals surface area contributed by atoms with Crippen LogP contribution in [0, 0.1) is 0 Å². The van der Waals surface area contributed by atoms with E-state index in [0.717, 1.165) is 13.1 Å². The van der Waals surface area contributed by atoms with E-state index >= 15 is 0 Å². The van der Waals surface area contributed by atoms with E-state index in [4.69, 9.17) is 14.2 Å². The van der Waals surface area contributed by atoms with Crippen molar-refractivity contribution in [2.45, 2.75) is 34.1 Å². The van der Waals surface area contributed by atoms with E-state index in [1.54, 1.807) is 6.92 Å². The fraction of sp³-hybridized carbons (Fsp3) is 0.923. The first-order valence-corrected chi connectivity index (χ1v) is 9.47. The van der Waals surface area contributed by atoms with Crippen molar-refractivity contribution in [2.75, 3.05) is 39.5 Å². The van der Waals surface area contributed by atoms with E-state index in [-0.39, 0.29) is 26.5 Å². The van der Waals surface area contributed by atoms with Crippen LogP contribution in [0.3, 0.4) is 0 Å². The van der Waals surface area contributed by atoms with E-state index in [1.165, 1.54) is 0 Å². The second kappa shape index (κ2) is 10.5. The summed E-state index contributed by atoms with van der Waals surface area (Å²) in [5.74, 6) is -0.261. The Bertz CT molecular complexity index is 311. The van der Waals surface area contributed by atoms with Crippen LogP contribution >= 0.6 is 45.2 Å². The van der Waals surface area contributed by atoms with Crippen molar-refractivity contribution in [3.8, 4) is 0 Å². The lowest BCUT2D eigenvalue weighted by molar-refractivity contribution is -0.168. The Morgan fingerprint density at radius 2 is 1.95 bits per heavy atom. The Morgan fingerprint density at radius 3 is 2.48 bits per heavy atom. The zero-order valence-corrected chi connectivity index (χ0v) is 16.7. The molecule has 21 heavy (non-hydrogen) atoms. The molecule has 0 saturated carbocycles. The first-order valence-electron chi connectivity index (χ1n) is 6.98. The highest BCUT2D eigenvalue weighted by Crippen LogP contribution is 2.12. The summed E-state index contributed by atoms with van der Waals surface area (Å²) in [5.41, 5.74) is 0. The molecule has 0 aliphatic carbocycles. The van der Waals surface area contributed by atoms with Gasteiger partial charge in [0.05, 0.1) is 17.1 Å². The molecule has 0 aromatic rings. The van der Waals surface area contributed by atoms with Crippen LogP contribution < -0.4 is 0 Å². The molecule has 1 aliphatic heterocycles. The molecule has 0 aromatic heterocycles. The molecule has 4 atom stereocenters. The number of carbonyl (C=O) groups is 1. The molecular weight excluding hydrogens is 504 g/mol. The minimum absolute atomic E-state index is 0.0333. The average molecular weight is 527 g/mol. The second-order valence-corrected chi connectivity index (χ2v) is 8.82. The largest absolute Gasteiger partial charge is 0.462 e. The molecule has 6 nitrogen and oxygen atoms in total. The van der Waals surface area contributed by atoms with Crippen molar-refractivity contribution in [1.82, 2.24) is 4.90 Å². The summed E-state index contributed by atoms with van der Waals surface area (Å²) in [5, 5.41) is 9.89. The lowest BCUT2D eigenvalue weighted by Crippen LogP contribution is -2.45. The SMILES string of the molecule is CC(I)C(=O)OCC(CN1CCOCC1)OC(O)C(C)I. The number of halogens is 2. The predicted molar refractivity (Wildman–Crippen MR) is 96.1 cm³/mol. The summed E-state index contributed by atoms with van der Waals surface area (Å²) in [4.78, 5) is 13.8. The molecule has 8 heteroatoms. The molecule has 0 aromatic carbocycles. The molecular formula is C13H23I2NO5. The number of hydrogen-bond donors (Lipinski definition) is 1. The van der Waals surface area contributed by atoms with Gasteiger partial charge in [-0.2, -0.15) is 0 Å². The number of morpholine rings is 1. The normalized spacial score (nSPS) is 22.3. The highest BCUT2D eigenvalue weighted by atomic mass is 127. The van der Waals surface area contributed by atoms with Crippen LogP contribution in [0.2, 0.25) is 0 Å². The standard InChI is InChI=1S/C13H23I2NO5/c1-9(14)12(17)20-8-11(21-13(18)10(2)15)7-16-3-5-19-6-4-16/h9-11,13,18H,3-8H2,1-2H3. The molecule has 1 fully saturated rings. The molecule has 1 N–H and O–H groups in total. The lowest BCUT2D eigenvalue weighted by atomic mass is 10.3. The Morgan fingerprint density at radius 1 is 1.33 bits per heavy atom. The number of nitrogens with zero attached hydrogens (tertiary/aromatic N) is 1. The predicted octanol–water partition coefficient (Wildman–Crippen LogP) is 1.21. The maximum absolute atomic E-state index is 11.6. The number of aliphatic hydroxyl groups is 1. The van der Waals surface area contributed by atoms with E-state index in [0.29, 0.717) is 19.8 Å². The molecule has 0 bridgehead atoms. The van der Waals surface area contributed by atoms with Crippen LogP contribution in [0.15, 0.2) is 0 Å². The summed E-state index contributed by atoms with van der Waals surface area (Å²) in [6.45, 7) is 7.47. The van der Waals surface area contributed by atoms with Gasteiger partial charge in [0.1, 0.15) is 16.6 Å². The zero-order valence-electron chi connectivity index (χ0n) is 12.3. The van der Waals surface area contributed by atoms with Crippen molar-refractivity contribution in [3.63, 3.8) is 0 Å². The van der Waals surface area contributed by atoms with Gasteiger partial charge in [0.25, 0.3) is 0 Å². The monoisotopic (exact) mass is 527 g/mol. The molecule has 0 spiro atoms. The Kier molecular flexibility index (Phi) is 9.93. The van der Waals surface area contributed by atoms with Crippen LogP contribution in [0.25, 0.3) is 0 Å². The van der Waals surface area contributed by atoms with E-state index in [9.17, 15) is 9.90 Å². The number of carbonyl (C=O) groups excluding carboxylic acids is 1. The van der Waals surface area contributed by atoms with Gasteiger partial charge in [-0.25, -0.2) is 0 Å². The summed E-state index contributed by atoms with van der Waals surface area (Å²) >= 11 is 4.12. The second-order valence-electron chi connectivity index (χ2n) is 4.99. The first kappa shape index (κ1) is 19.8. The number of esters is 1. The summed E-state index contributed by atoms with van der Waals surface area (Å²) in [7, 11) is 0. The van der Waals surface area contributed by atoms with Gasteiger partial charge in [0.2, 0.25) is 0 Å². The van der Waals surface area contributed by atoms with Crippen molar-refractivity contribution in [1.29, 1.82) is 0 Å². The number of ether oxygens (including phenoxy) is 3. The van der Waals surface area contributed by atoms with Gasteiger partial charge in [0.15, 0.2) is 6.29 Å². The fourth-order valence-corrected chi connectivity index (χ4v) is 2.15. The van der Waals surface area contributed by atoms with E-state index < -0.39 is 6.29 Å². The van der Waals surface area contributed by atoms with Crippen molar-refractivity contribution >= 4 is 51.2 Å². The topological polar surface area (TPSA) is 68.2 Å². The molecule has 1 aliphatic rings. The molecule has 1 heterocycles. The van der Waals surface area contributed by atoms with Gasteiger partial charge in [-0.1, -0.05) is 45.2 Å². The molecule has 0 radical (unpaired) electrons. The van der Waals surface area contributed by atoms with Crippen LogP contribution in [0.4, 0.5) is 0 Å². The van der Waals surface area contributed by atoms with Crippen LogP contribution in [-0.4, -0.2) is 75.7 Å². The molecule has 4 unspecified atom stereocenters. The first-order chi connectivity index (χ1) is 9.90. The van der Waals surface area contributed by atoms with Gasteiger partial charge in [0, 0.05) is 19.6 Å². The van der Waals surface area contributed by atoms with E-state index in [1.807, 2.05) is 29.5 Å². The zero-order chi connectivity index (χ0) is 15.8. The average Bonchev–Trinajstić information content (AvgIpc) is 2.45. The third kappa shape index (κ3) is 8.26. The summed E-state index contributed by atoms with van der Waals surface area (Å²) in [6, 6.07) is 0. The van der Waals surface area contributed by atoms with Gasteiger partial charge in [-0.3, -0.25) is 9.69 Å². The highest BCUT2D eigenvalue weighted by molar-refractivity contribution is 14.1. The van der Waals surface area contributed by atoms with E-state index in [2.05, 4.69) is 27.5 Å². The van der Waals surface area contributed by atoms with Crippen LogP contribution in [-0.2, 0) is 19.0 Å². The quantitative estimate of drug-likeness (QED) is 0.222. The summed E-state index contributed by atoms with van der Waals surface area (Å²) < 4.78 is 16.0. The highest BCUT2D eigenvalue weighted by Gasteiger charge is 2.24. The number of alkyl halides is 2. The molecule has 124 valence electrons. The van der Waals surface area contributed by atoms with Gasteiger partial charge >= 0.3 is 5.97 Å². The van der Waals surface area contributed by atoms with Crippen molar-refractivity contribution in [2.24, 2.45) is 0 Å². The maximum Gasteiger partial charge on any atom is 0.318 e. The Labute approximate surface area is 153 Å². The number of hydrogen-bond acceptors (Lipinski definition) is 6. The molecule has 1 saturated heterocycles. The molecule has 1 rings (SSSR count). The number of rotatable bonds is 8. The van der Waals surface area contributed by atoms with Crippen molar-refractivity contribution in [3.05, 3.63) is 0 Å². The van der Waals surface area contributed by atoms with Gasteiger partial charge in [-0.15, -0.1) is 0 Å². The Hall–Kier alpha value is 0.770. The van der Waals surface area contributed by atoms with Gasteiger partial charge < -0.3 is 19.3 Å². The van der Waals surface area contributed by atoms with Gasteiger partial charge in [-0.05, 0) is 13.8 Å². The van der Waals surface area contributed by atoms with Crippen LogP contribution in [0.1, 0.15) is 13.8 Å². The number of aliphatic hydroxyl groups excluding tert-OH is 1. The minimum atomic E-state index is -0.868. The smallest absolute Gasteiger partial charge is 0.318 e. The molecule has 0 amide bonds. The lowest BCUT2D eigenvalue weighted by Gasteiger charge is -2.31. The van der Waals surface area contributed by atoms with Crippen molar-refractivity contribution < 1.29 is 24.1 Å². The minimum Gasteiger partial charge on any atom is -0.462 e. The maximum atomic E-state index is 11.6. The Balaban J connectivity index is 2.49. The third-order valence-corrected chi connectivity index (χ3v) is 4.15. The van der Waals surface area contributed by atoms with Crippen LogP contribution in [0.5, 0.6) is 0 Å². The summed E-state index contributed by atoms with van der Waals surface area (Å²) in [6.07, 6.45) is -1.21. The fourth-order valence-electron chi connectivity index (χ4n) is 1.80.